The van der Waals surface area contributed by atoms with Crippen molar-refractivity contribution in [2.45, 2.75) is 19.8 Å². The maximum Gasteiger partial charge on any atom is 0.257 e. The Morgan fingerprint density at radius 3 is 2.72 bits per heavy atom. The van der Waals surface area contributed by atoms with E-state index in [0.29, 0.717) is 20.9 Å². The van der Waals surface area contributed by atoms with Crippen molar-refractivity contribution in [3.8, 4) is 0 Å². The average Bonchev–Trinajstić information content (AvgIpc) is 3.11. The zero-order valence-corrected chi connectivity index (χ0v) is 15.9. The molecule has 0 aliphatic heterocycles. The van der Waals surface area contributed by atoms with Crippen LogP contribution in [0, 0.1) is 0 Å². The minimum absolute atomic E-state index is 0.267. The molecule has 3 rings (SSSR count). The fourth-order valence-electron chi connectivity index (χ4n) is 2.06. The van der Waals surface area contributed by atoms with Crippen LogP contribution in [-0.4, -0.2) is 35.8 Å². The third-order valence-corrected chi connectivity index (χ3v) is 5.60. The number of nitrogens with one attached hydrogen (secondary N) is 2. The summed E-state index contributed by atoms with van der Waals surface area (Å²) in [5.74, 6) is -0.299. The number of aromatic nitrogens is 3. The SMILES string of the molecule is CCCc1nnc(NC(=O)c2ccc3nc(NS(C)(=O)=O)sc3c2)s1. The number of nitrogens with zero attached hydrogens (tertiary/aromatic N) is 3. The lowest BCUT2D eigenvalue weighted by atomic mass is 10.2. The lowest BCUT2D eigenvalue weighted by molar-refractivity contribution is 0.102. The number of hydrogen-bond acceptors (Lipinski definition) is 8. The molecule has 0 unspecified atom stereocenters. The minimum Gasteiger partial charge on any atom is -0.296 e. The molecule has 0 fully saturated rings. The number of thiazole rings is 1. The number of amides is 1. The first-order valence-electron chi connectivity index (χ1n) is 7.36. The summed E-state index contributed by atoms with van der Waals surface area (Å²) in [6, 6.07) is 4.98. The summed E-state index contributed by atoms with van der Waals surface area (Å²) in [6.45, 7) is 2.05. The van der Waals surface area contributed by atoms with Crippen LogP contribution in [0.15, 0.2) is 18.2 Å². The normalized spacial score (nSPS) is 11.6. The Morgan fingerprint density at radius 2 is 2.00 bits per heavy atom. The number of aryl methyl sites for hydroxylation is 1. The number of benzene rings is 1. The van der Waals surface area contributed by atoms with E-state index in [1.165, 1.54) is 22.7 Å². The maximum absolute atomic E-state index is 12.4. The van der Waals surface area contributed by atoms with Gasteiger partial charge in [0.05, 0.1) is 16.5 Å². The van der Waals surface area contributed by atoms with Crippen LogP contribution in [0.4, 0.5) is 10.3 Å². The number of sulfonamides is 1. The third kappa shape index (κ3) is 4.50. The van der Waals surface area contributed by atoms with Gasteiger partial charge in [0.1, 0.15) is 5.01 Å². The van der Waals surface area contributed by atoms with Crippen molar-refractivity contribution >= 4 is 59.1 Å². The number of carbonyl (C=O) groups excluding carboxylic acids is 1. The van der Waals surface area contributed by atoms with E-state index in [2.05, 4.69) is 32.1 Å². The van der Waals surface area contributed by atoms with Gasteiger partial charge in [-0.3, -0.25) is 14.8 Å². The lowest BCUT2D eigenvalue weighted by Gasteiger charge is -2.00. The summed E-state index contributed by atoms with van der Waals surface area (Å²) in [4.78, 5) is 16.5. The summed E-state index contributed by atoms with van der Waals surface area (Å²) in [7, 11) is -3.39. The zero-order chi connectivity index (χ0) is 18.0. The summed E-state index contributed by atoms with van der Waals surface area (Å²) in [5, 5.41) is 12.3. The van der Waals surface area contributed by atoms with Crippen LogP contribution in [0.1, 0.15) is 28.7 Å². The van der Waals surface area contributed by atoms with Gasteiger partial charge < -0.3 is 0 Å². The van der Waals surface area contributed by atoms with Gasteiger partial charge in [0.15, 0.2) is 5.13 Å². The molecule has 11 heteroatoms. The molecule has 1 aromatic carbocycles. The maximum atomic E-state index is 12.4. The average molecular weight is 398 g/mol. The van der Waals surface area contributed by atoms with Gasteiger partial charge in [0, 0.05) is 12.0 Å². The molecule has 0 atom stereocenters. The van der Waals surface area contributed by atoms with Gasteiger partial charge in [-0.25, -0.2) is 13.4 Å². The third-order valence-electron chi connectivity index (χ3n) is 3.07. The largest absolute Gasteiger partial charge is 0.296 e. The standard InChI is InChI=1S/C14H15N5O3S3/c1-3-4-11-17-18-13(24-11)16-12(20)8-5-6-9-10(7-8)23-14(15-9)19-25(2,21)22/h5-7H,3-4H2,1-2H3,(H,15,19)(H,16,18,20). The van der Waals surface area contributed by atoms with Gasteiger partial charge in [-0.1, -0.05) is 29.6 Å². The van der Waals surface area contributed by atoms with E-state index < -0.39 is 10.0 Å². The number of rotatable bonds is 6. The first-order chi connectivity index (χ1) is 11.8. The van der Waals surface area contributed by atoms with E-state index in [1.54, 1.807) is 18.2 Å². The van der Waals surface area contributed by atoms with E-state index in [1.807, 2.05) is 0 Å². The van der Waals surface area contributed by atoms with Crippen molar-refractivity contribution in [1.29, 1.82) is 0 Å². The van der Waals surface area contributed by atoms with Gasteiger partial charge in [-0.05, 0) is 24.6 Å². The van der Waals surface area contributed by atoms with Gasteiger partial charge in [-0.2, -0.15) is 0 Å². The molecule has 2 heterocycles. The molecule has 0 radical (unpaired) electrons. The fourth-order valence-corrected chi connectivity index (χ4v) is 4.63. The van der Waals surface area contributed by atoms with E-state index in [4.69, 9.17) is 0 Å². The van der Waals surface area contributed by atoms with Crippen LogP contribution >= 0.6 is 22.7 Å². The molecule has 0 saturated heterocycles. The molecule has 3 aromatic rings. The number of carbonyl (C=O) groups is 1. The quantitative estimate of drug-likeness (QED) is 0.661. The molecule has 8 nitrogen and oxygen atoms in total. The molecule has 1 amide bonds. The van der Waals surface area contributed by atoms with E-state index in [0.717, 1.165) is 24.1 Å². The van der Waals surface area contributed by atoms with E-state index in [9.17, 15) is 13.2 Å². The first-order valence-corrected chi connectivity index (χ1v) is 10.9. The second-order valence-corrected chi connectivity index (χ2v) is 9.12. The zero-order valence-electron chi connectivity index (χ0n) is 13.4. The second-order valence-electron chi connectivity index (χ2n) is 5.28. The summed E-state index contributed by atoms with van der Waals surface area (Å²) in [6.07, 6.45) is 2.86. The highest BCUT2D eigenvalue weighted by molar-refractivity contribution is 7.92. The topological polar surface area (TPSA) is 114 Å². The van der Waals surface area contributed by atoms with Crippen molar-refractivity contribution < 1.29 is 13.2 Å². The number of hydrogen-bond donors (Lipinski definition) is 2. The van der Waals surface area contributed by atoms with Crippen LogP contribution < -0.4 is 10.0 Å². The smallest absolute Gasteiger partial charge is 0.257 e. The molecule has 2 N–H and O–H groups in total. The molecule has 25 heavy (non-hydrogen) atoms. The van der Waals surface area contributed by atoms with Gasteiger partial charge in [-0.15, -0.1) is 10.2 Å². The molecule has 0 aliphatic rings. The Hall–Kier alpha value is -2.11. The van der Waals surface area contributed by atoms with E-state index in [-0.39, 0.29) is 11.0 Å². The minimum atomic E-state index is -3.39. The molecule has 0 spiro atoms. The van der Waals surface area contributed by atoms with Gasteiger partial charge >= 0.3 is 0 Å². The van der Waals surface area contributed by atoms with Crippen LogP contribution in [0.25, 0.3) is 10.2 Å². The molecule has 0 aliphatic carbocycles. The van der Waals surface area contributed by atoms with Crippen molar-refractivity contribution in [3.63, 3.8) is 0 Å². The van der Waals surface area contributed by atoms with Crippen molar-refractivity contribution in [2.75, 3.05) is 16.3 Å². The van der Waals surface area contributed by atoms with Gasteiger partial charge in [0.2, 0.25) is 15.2 Å². The predicted octanol–water partition coefficient (Wildman–Crippen LogP) is 2.72. The second kappa shape index (κ2) is 7.02. The Balaban J connectivity index is 1.79. The van der Waals surface area contributed by atoms with Gasteiger partial charge in [0.25, 0.3) is 5.91 Å². The van der Waals surface area contributed by atoms with Crippen molar-refractivity contribution in [2.24, 2.45) is 0 Å². The molecular formula is C14H15N5O3S3. The van der Waals surface area contributed by atoms with Crippen LogP contribution in [0.3, 0.4) is 0 Å². The predicted molar refractivity (Wildman–Crippen MR) is 99.9 cm³/mol. The van der Waals surface area contributed by atoms with E-state index >= 15 is 0 Å². The van der Waals surface area contributed by atoms with Crippen molar-refractivity contribution in [1.82, 2.24) is 15.2 Å². The van der Waals surface area contributed by atoms with Crippen LogP contribution in [-0.2, 0) is 16.4 Å². The lowest BCUT2D eigenvalue weighted by Crippen LogP contribution is -2.11. The first kappa shape index (κ1) is 17.7. The van der Waals surface area contributed by atoms with Crippen molar-refractivity contribution in [3.05, 3.63) is 28.8 Å². The monoisotopic (exact) mass is 397 g/mol. The highest BCUT2D eigenvalue weighted by Crippen LogP contribution is 2.27. The number of anilines is 2. The highest BCUT2D eigenvalue weighted by atomic mass is 32.2. The molecule has 0 bridgehead atoms. The fraction of sp³-hybridized carbons (Fsp3) is 0.286. The molecule has 132 valence electrons. The highest BCUT2D eigenvalue weighted by Gasteiger charge is 2.13. The molecular weight excluding hydrogens is 382 g/mol. The Labute approximate surface area is 152 Å². The Bertz CT molecular complexity index is 1030. The summed E-state index contributed by atoms with van der Waals surface area (Å²) >= 11 is 2.52. The Kier molecular flexibility index (Phi) is 4.97. The van der Waals surface area contributed by atoms with Crippen LogP contribution in [0.2, 0.25) is 0 Å². The van der Waals surface area contributed by atoms with Crippen LogP contribution in [0.5, 0.6) is 0 Å². The number of fused-ring (bicyclic) bond motifs is 1. The molecule has 0 saturated carbocycles. The summed E-state index contributed by atoms with van der Waals surface area (Å²) < 4.78 is 25.6. The Morgan fingerprint density at radius 1 is 1.20 bits per heavy atom. The molecule has 2 aromatic heterocycles. The summed E-state index contributed by atoms with van der Waals surface area (Å²) in [5.41, 5.74) is 1.06.